The van der Waals surface area contributed by atoms with Crippen molar-refractivity contribution in [3.05, 3.63) is 12.7 Å². The minimum atomic E-state index is 0.782. The molecule has 1 aliphatic carbocycles. The Bertz CT molecular complexity index is 283. The van der Waals surface area contributed by atoms with Crippen LogP contribution in [-0.2, 0) is 6.54 Å². The van der Waals surface area contributed by atoms with Gasteiger partial charge in [-0.2, -0.15) is 0 Å². The molecule has 0 aliphatic heterocycles. The van der Waals surface area contributed by atoms with Gasteiger partial charge in [0.25, 0.3) is 0 Å². The van der Waals surface area contributed by atoms with Gasteiger partial charge >= 0.3 is 0 Å². The minimum absolute atomic E-state index is 0.782. The Morgan fingerprint density at radius 3 is 2.75 bits per heavy atom. The van der Waals surface area contributed by atoms with E-state index in [1.54, 1.807) is 12.7 Å². The third-order valence-corrected chi connectivity index (χ3v) is 3.44. The first-order chi connectivity index (χ1) is 7.84. The van der Waals surface area contributed by atoms with Crippen LogP contribution in [0.15, 0.2) is 12.7 Å². The van der Waals surface area contributed by atoms with Crippen molar-refractivity contribution in [2.45, 2.75) is 51.6 Å². The summed E-state index contributed by atoms with van der Waals surface area (Å²) in [5.74, 6) is 0.925. The zero-order valence-electron chi connectivity index (χ0n) is 10.1. The van der Waals surface area contributed by atoms with Gasteiger partial charge in [0.05, 0.1) is 0 Å². The third-order valence-electron chi connectivity index (χ3n) is 3.44. The molecule has 1 aliphatic rings. The maximum atomic E-state index is 3.79. The summed E-state index contributed by atoms with van der Waals surface area (Å²) in [6.07, 6.45) is 10.1. The van der Waals surface area contributed by atoms with Crippen molar-refractivity contribution in [1.29, 1.82) is 0 Å². The van der Waals surface area contributed by atoms with Crippen molar-refractivity contribution in [1.82, 2.24) is 20.1 Å². The fourth-order valence-corrected chi connectivity index (χ4v) is 2.46. The third kappa shape index (κ3) is 3.59. The van der Waals surface area contributed by atoms with Crippen molar-refractivity contribution in [3.8, 4) is 0 Å². The van der Waals surface area contributed by atoms with E-state index >= 15 is 0 Å². The fourth-order valence-electron chi connectivity index (χ4n) is 2.46. The van der Waals surface area contributed by atoms with Gasteiger partial charge < -0.3 is 9.88 Å². The van der Waals surface area contributed by atoms with Crippen molar-refractivity contribution >= 4 is 0 Å². The van der Waals surface area contributed by atoms with Crippen LogP contribution >= 0.6 is 0 Å². The van der Waals surface area contributed by atoms with Crippen LogP contribution in [0, 0.1) is 5.92 Å². The number of aromatic nitrogens is 3. The SMILES string of the molecule is CC1CCC(NCCCCn2cnnc2)C1. The van der Waals surface area contributed by atoms with Crippen LogP contribution in [0.3, 0.4) is 0 Å². The Balaban J connectivity index is 1.49. The number of nitrogens with zero attached hydrogens (tertiary/aromatic N) is 3. The van der Waals surface area contributed by atoms with Gasteiger partial charge in [-0.1, -0.05) is 6.92 Å². The average Bonchev–Trinajstić information content (AvgIpc) is 2.89. The Kier molecular flexibility index (Phi) is 4.34. The van der Waals surface area contributed by atoms with E-state index in [2.05, 4.69) is 22.4 Å². The molecule has 1 fully saturated rings. The zero-order valence-corrected chi connectivity index (χ0v) is 10.1. The lowest BCUT2D eigenvalue weighted by molar-refractivity contribution is 0.481. The first-order valence-corrected chi connectivity index (χ1v) is 6.40. The minimum Gasteiger partial charge on any atom is -0.320 e. The van der Waals surface area contributed by atoms with Crippen LogP contribution in [-0.4, -0.2) is 27.4 Å². The topological polar surface area (TPSA) is 42.7 Å². The van der Waals surface area contributed by atoms with Crippen molar-refractivity contribution in [2.24, 2.45) is 5.92 Å². The van der Waals surface area contributed by atoms with Crippen LogP contribution in [0.1, 0.15) is 39.0 Å². The van der Waals surface area contributed by atoms with Gasteiger partial charge in [0.15, 0.2) is 0 Å². The lowest BCUT2D eigenvalue weighted by atomic mass is 10.1. The molecule has 0 saturated heterocycles. The monoisotopic (exact) mass is 222 g/mol. The predicted octanol–water partition coefficient (Wildman–Crippen LogP) is 1.84. The van der Waals surface area contributed by atoms with Crippen LogP contribution in [0.5, 0.6) is 0 Å². The van der Waals surface area contributed by atoms with Gasteiger partial charge in [-0.3, -0.25) is 0 Å². The lowest BCUT2D eigenvalue weighted by Gasteiger charge is -2.11. The molecule has 1 aromatic heterocycles. The van der Waals surface area contributed by atoms with Gasteiger partial charge in [-0.25, -0.2) is 0 Å². The standard InChI is InChI=1S/C12H22N4/c1-11-4-5-12(8-11)13-6-2-3-7-16-9-14-15-10-16/h9-13H,2-8H2,1H3. The molecule has 2 atom stereocenters. The van der Waals surface area contributed by atoms with Crippen LogP contribution in [0.4, 0.5) is 0 Å². The van der Waals surface area contributed by atoms with Crippen LogP contribution in [0.2, 0.25) is 0 Å². The Hall–Kier alpha value is -0.900. The van der Waals surface area contributed by atoms with E-state index in [1.165, 1.54) is 32.1 Å². The first-order valence-electron chi connectivity index (χ1n) is 6.40. The van der Waals surface area contributed by atoms with Crippen LogP contribution in [0.25, 0.3) is 0 Å². The van der Waals surface area contributed by atoms with E-state index in [9.17, 15) is 0 Å². The van der Waals surface area contributed by atoms with E-state index < -0.39 is 0 Å². The molecule has 2 unspecified atom stereocenters. The zero-order chi connectivity index (χ0) is 11.2. The van der Waals surface area contributed by atoms with E-state index in [-0.39, 0.29) is 0 Å². The lowest BCUT2D eigenvalue weighted by Crippen LogP contribution is -2.27. The fraction of sp³-hybridized carbons (Fsp3) is 0.833. The molecule has 0 spiro atoms. The van der Waals surface area contributed by atoms with E-state index in [0.29, 0.717) is 0 Å². The smallest absolute Gasteiger partial charge is 0.119 e. The highest BCUT2D eigenvalue weighted by atomic mass is 15.2. The Labute approximate surface area is 97.5 Å². The van der Waals surface area contributed by atoms with E-state index in [1.807, 2.05) is 4.57 Å². The largest absolute Gasteiger partial charge is 0.320 e. The quantitative estimate of drug-likeness (QED) is 0.747. The van der Waals surface area contributed by atoms with Gasteiger partial charge in [0.2, 0.25) is 0 Å². The van der Waals surface area contributed by atoms with E-state index in [4.69, 9.17) is 0 Å². The van der Waals surface area contributed by atoms with Gasteiger partial charge in [0, 0.05) is 12.6 Å². The summed E-state index contributed by atoms with van der Waals surface area (Å²) in [6.45, 7) is 4.54. The van der Waals surface area contributed by atoms with E-state index in [0.717, 1.165) is 25.0 Å². The molecule has 0 radical (unpaired) electrons. The maximum absolute atomic E-state index is 3.79. The Morgan fingerprint density at radius 1 is 1.25 bits per heavy atom. The molecule has 4 nitrogen and oxygen atoms in total. The average molecular weight is 222 g/mol. The summed E-state index contributed by atoms with van der Waals surface area (Å²) in [7, 11) is 0. The predicted molar refractivity (Wildman–Crippen MR) is 64.1 cm³/mol. The molecule has 0 amide bonds. The number of hydrogen-bond acceptors (Lipinski definition) is 3. The molecule has 0 bridgehead atoms. The van der Waals surface area contributed by atoms with Crippen molar-refractivity contribution < 1.29 is 0 Å². The van der Waals surface area contributed by atoms with Gasteiger partial charge in [0.1, 0.15) is 12.7 Å². The van der Waals surface area contributed by atoms with Crippen molar-refractivity contribution in [3.63, 3.8) is 0 Å². The van der Waals surface area contributed by atoms with Gasteiger partial charge in [-0.05, 0) is 44.6 Å². The number of hydrogen-bond donors (Lipinski definition) is 1. The van der Waals surface area contributed by atoms with Crippen LogP contribution < -0.4 is 5.32 Å². The molecule has 90 valence electrons. The molecule has 16 heavy (non-hydrogen) atoms. The second-order valence-electron chi connectivity index (χ2n) is 4.98. The maximum Gasteiger partial charge on any atom is 0.119 e. The molecule has 2 rings (SSSR count). The highest BCUT2D eigenvalue weighted by Crippen LogP contribution is 2.24. The Morgan fingerprint density at radius 2 is 2.06 bits per heavy atom. The van der Waals surface area contributed by atoms with Crippen molar-refractivity contribution in [2.75, 3.05) is 6.54 Å². The molecule has 1 saturated carbocycles. The molecule has 0 aromatic carbocycles. The van der Waals surface area contributed by atoms with Gasteiger partial charge in [-0.15, -0.1) is 10.2 Å². The molecule has 4 heteroatoms. The molecular formula is C12H22N4. The number of rotatable bonds is 6. The second kappa shape index (κ2) is 5.99. The normalized spacial score (nSPS) is 25.1. The molecule has 1 aromatic rings. The highest BCUT2D eigenvalue weighted by molar-refractivity contribution is 4.77. The second-order valence-corrected chi connectivity index (χ2v) is 4.98. The molecule has 1 N–H and O–H groups in total. The molecular weight excluding hydrogens is 200 g/mol. The summed E-state index contributed by atoms with van der Waals surface area (Å²) >= 11 is 0. The highest BCUT2D eigenvalue weighted by Gasteiger charge is 2.19. The first kappa shape index (κ1) is 11.6. The number of aryl methyl sites for hydroxylation is 1. The number of nitrogens with one attached hydrogen (secondary N) is 1. The molecule has 1 heterocycles. The summed E-state index contributed by atoms with van der Waals surface area (Å²) in [4.78, 5) is 0. The summed E-state index contributed by atoms with van der Waals surface area (Å²) in [5, 5.41) is 11.2. The summed E-state index contributed by atoms with van der Waals surface area (Å²) in [6, 6.07) is 0.782. The summed E-state index contributed by atoms with van der Waals surface area (Å²) in [5.41, 5.74) is 0. The summed E-state index contributed by atoms with van der Waals surface area (Å²) < 4.78 is 2.04. The number of unbranched alkanes of at least 4 members (excludes halogenated alkanes) is 1.